The molecule has 9 heteroatoms. The SMILES string of the molecule is CCCCCCCC/C=C/CCCCCCCCCCCCCC(=O)N[C@@H](COP(=O)(O)OCC[N+](C)(C)C)[C@H](O)/C=C/CCCCCCCCCC. The monoisotopic (exact) mass is 772 g/mol. The van der Waals surface area contributed by atoms with Crippen LogP contribution in [0.15, 0.2) is 24.3 Å². The lowest BCUT2D eigenvalue weighted by Gasteiger charge is -2.25. The Bertz CT molecular complexity index is 922. The molecule has 0 aromatic carbocycles. The molecular formula is C44H88N2O6P+. The Kier molecular flexibility index (Phi) is 35.9. The Morgan fingerprint density at radius 3 is 1.45 bits per heavy atom. The van der Waals surface area contributed by atoms with E-state index in [1.54, 1.807) is 6.08 Å². The van der Waals surface area contributed by atoms with Gasteiger partial charge in [-0.25, -0.2) is 4.57 Å². The summed E-state index contributed by atoms with van der Waals surface area (Å²) in [5.74, 6) is -0.179. The second kappa shape index (κ2) is 36.6. The number of hydrogen-bond acceptors (Lipinski definition) is 5. The maximum Gasteiger partial charge on any atom is 0.472 e. The quantitative estimate of drug-likeness (QED) is 0.0248. The van der Waals surface area contributed by atoms with Crippen molar-refractivity contribution < 1.29 is 32.9 Å². The number of unbranched alkanes of at least 4 members (excludes halogenated alkanes) is 25. The number of carbonyl (C=O) groups excluding carboxylic acids is 1. The fourth-order valence-corrected chi connectivity index (χ4v) is 7.07. The van der Waals surface area contributed by atoms with Crippen LogP contribution in [-0.4, -0.2) is 73.4 Å². The summed E-state index contributed by atoms with van der Waals surface area (Å²) in [7, 11) is 1.57. The summed E-state index contributed by atoms with van der Waals surface area (Å²) in [6, 6.07) is -0.842. The van der Waals surface area contributed by atoms with Gasteiger partial charge in [0.2, 0.25) is 5.91 Å². The van der Waals surface area contributed by atoms with Crippen LogP contribution < -0.4 is 5.32 Å². The maximum absolute atomic E-state index is 12.8. The van der Waals surface area contributed by atoms with Crippen molar-refractivity contribution in [2.45, 2.75) is 212 Å². The standard InChI is InChI=1S/C44H87N2O6P/c1-6-8-10-12-14-16-18-19-20-21-22-23-24-25-26-27-28-30-32-34-36-38-44(48)45-42(41-52-53(49,50)51-40-39-46(3,4)5)43(47)37-35-33-31-29-17-15-13-11-9-7-2/h19-20,35,37,42-43,47H,6-18,21-34,36,38-41H2,1-5H3,(H-,45,48,49,50)/p+1/b20-19+,37-35+/t42-,43+/m0/s1. The van der Waals surface area contributed by atoms with Crippen molar-refractivity contribution in [2.24, 2.45) is 0 Å². The van der Waals surface area contributed by atoms with E-state index in [1.807, 2.05) is 27.2 Å². The molecule has 0 aromatic rings. The number of carbonyl (C=O) groups is 1. The Balaban J connectivity index is 4.27. The first-order valence-corrected chi connectivity index (χ1v) is 23.7. The molecule has 1 amide bonds. The molecule has 8 nitrogen and oxygen atoms in total. The molecule has 0 aliphatic carbocycles. The lowest BCUT2D eigenvalue weighted by Crippen LogP contribution is -2.45. The number of nitrogens with zero attached hydrogens (tertiary/aromatic N) is 1. The Morgan fingerprint density at radius 1 is 0.623 bits per heavy atom. The lowest BCUT2D eigenvalue weighted by atomic mass is 10.0. The zero-order valence-electron chi connectivity index (χ0n) is 35.5. The molecule has 0 aromatic heterocycles. The summed E-state index contributed by atoms with van der Waals surface area (Å²) in [5.41, 5.74) is 0. The molecule has 314 valence electrons. The third-order valence-corrected chi connectivity index (χ3v) is 10.9. The highest BCUT2D eigenvalue weighted by molar-refractivity contribution is 7.47. The van der Waals surface area contributed by atoms with E-state index in [9.17, 15) is 19.4 Å². The van der Waals surface area contributed by atoms with Crippen molar-refractivity contribution in [3.05, 3.63) is 24.3 Å². The van der Waals surface area contributed by atoms with E-state index in [-0.39, 0.29) is 19.1 Å². The highest BCUT2D eigenvalue weighted by Crippen LogP contribution is 2.43. The molecule has 0 bridgehead atoms. The van der Waals surface area contributed by atoms with Gasteiger partial charge in [-0.1, -0.05) is 173 Å². The van der Waals surface area contributed by atoms with Crippen LogP contribution in [0, 0.1) is 0 Å². The van der Waals surface area contributed by atoms with Gasteiger partial charge in [0.25, 0.3) is 0 Å². The molecule has 0 fully saturated rings. The number of phosphoric acid groups is 1. The second-order valence-corrected chi connectivity index (χ2v) is 17.9. The minimum atomic E-state index is -4.33. The van der Waals surface area contributed by atoms with Gasteiger partial charge in [-0.15, -0.1) is 0 Å². The number of rotatable bonds is 40. The highest BCUT2D eigenvalue weighted by Gasteiger charge is 2.27. The summed E-state index contributed by atoms with van der Waals surface area (Å²) in [5, 5.41) is 13.8. The molecule has 53 heavy (non-hydrogen) atoms. The fraction of sp³-hybridized carbons (Fsp3) is 0.886. The van der Waals surface area contributed by atoms with Gasteiger partial charge < -0.3 is 19.8 Å². The number of amides is 1. The third kappa shape index (κ3) is 39.0. The summed E-state index contributed by atoms with van der Waals surface area (Å²) in [4.78, 5) is 23.1. The number of likely N-dealkylation sites (N-methyl/N-ethyl adjacent to an activating group) is 1. The average molecular weight is 772 g/mol. The number of aliphatic hydroxyl groups excluding tert-OH is 1. The minimum absolute atomic E-state index is 0.0623. The van der Waals surface area contributed by atoms with Crippen LogP contribution in [0.5, 0.6) is 0 Å². The molecule has 0 saturated carbocycles. The predicted molar refractivity (Wildman–Crippen MR) is 226 cm³/mol. The third-order valence-electron chi connectivity index (χ3n) is 9.92. The summed E-state index contributed by atoms with van der Waals surface area (Å²) >= 11 is 0. The van der Waals surface area contributed by atoms with E-state index in [1.165, 1.54) is 141 Å². The molecule has 0 saturated heterocycles. The van der Waals surface area contributed by atoms with Crippen molar-refractivity contribution in [3.63, 3.8) is 0 Å². The molecule has 0 aliphatic heterocycles. The zero-order chi connectivity index (χ0) is 39.3. The smallest absolute Gasteiger partial charge is 0.387 e. The molecule has 0 aliphatic rings. The van der Waals surface area contributed by atoms with Gasteiger partial charge in [-0.3, -0.25) is 13.8 Å². The Labute approximate surface area is 328 Å². The van der Waals surface area contributed by atoms with Crippen molar-refractivity contribution in [3.8, 4) is 0 Å². The first-order chi connectivity index (χ1) is 25.5. The first-order valence-electron chi connectivity index (χ1n) is 22.2. The molecular weight excluding hydrogens is 683 g/mol. The van der Waals surface area contributed by atoms with Crippen LogP contribution in [0.4, 0.5) is 0 Å². The topological polar surface area (TPSA) is 105 Å². The molecule has 0 rings (SSSR count). The van der Waals surface area contributed by atoms with Gasteiger partial charge in [0.05, 0.1) is 39.9 Å². The van der Waals surface area contributed by atoms with Crippen molar-refractivity contribution >= 4 is 13.7 Å². The van der Waals surface area contributed by atoms with Gasteiger partial charge in [0, 0.05) is 6.42 Å². The normalized spacial score (nSPS) is 14.6. The number of aliphatic hydroxyl groups is 1. The number of phosphoric ester groups is 1. The van der Waals surface area contributed by atoms with E-state index < -0.39 is 20.0 Å². The summed E-state index contributed by atoms with van der Waals surface area (Å²) < 4.78 is 23.5. The van der Waals surface area contributed by atoms with Gasteiger partial charge in [0.15, 0.2) is 0 Å². The van der Waals surface area contributed by atoms with Crippen LogP contribution in [0.3, 0.4) is 0 Å². The number of quaternary nitrogens is 1. The number of nitrogens with one attached hydrogen (secondary N) is 1. The number of hydrogen-bond donors (Lipinski definition) is 3. The van der Waals surface area contributed by atoms with Crippen molar-refractivity contribution in [1.82, 2.24) is 5.32 Å². The summed E-state index contributed by atoms with van der Waals surface area (Å²) in [6.07, 6.45) is 42.5. The molecule has 1 unspecified atom stereocenters. The summed E-state index contributed by atoms with van der Waals surface area (Å²) in [6.45, 7) is 4.79. The molecule has 0 heterocycles. The van der Waals surface area contributed by atoms with Crippen LogP contribution in [0.1, 0.15) is 200 Å². The molecule has 0 spiro atoms. The fourth-order valence-electron chi connectivity index (χ4n) is 6.33. The van der Waals surface area contributed by atoms with E-state index >= 15 is 0 Å². The van der Waals surface area contributed by atoms with Crippen LogP contribution in [0.2, 0.25) is 0 Å². The molecule has 3 N–H and O–H groups in total. The highest BCUT2D eigenvalue weighted by atomic mass is 31.2. The Hall–Kier alpha value is -1.02. The second-order valence-electron chi connectivity index (χ2n) is 16.4. The van der Waals surface area contributed by atoms with Crippen molar-refractivity contribution in [2.75, 3.05) is 40.9 Å². The van der Waals surface area contributed by atoms with E-state index in [0.717, 1.165) is 38.5 Å². The number of allylic oxidation sites excluding steroid dienone is 3. The van der Waals surface area contributed by atoms with Crippen LogP contribution in [-0.2, 0) is 18.4 Å². The van der Waals surface area contributed by atoms with Crippen LogP contribution >= 0.6 is 7.82 Å². The molecule has 0 radical (unpaired) electrons. The van der Waals surface area contributed by atoms with Crippen LogP contribution in [0.25, 0.3) is 0 Å². The van der Waals surface area contributed by atoms with E-state index in [0.29, 0.717) is 17.4 Å². The van der Waals surface area contributed by atoms with Gasteiger partial charge >= 0.3 is 7.82 Å². The van der Waals surface area contributed by atoms with Gasteiger partial charge in [-0.2, -0.15) is 0 Å². The largest absolute Gasteiger partial charge is 0.472 e. The predicted octanol–water partition coefficient (Wildman–Crippen LogP) is 12.1. The minimum Gasteiger partial charge on any atom is -0.387 e. The molecule has 3 atom stereocenters. The van der Waals surface area contributed by atoms with Gasteiger partial charge in [-0.05, 0) is 44.9 Å². The van der Waals surface area contributed by atoms with E-state index in [4.69, 9.17) is 9.05 Å². The van der Waals surface area contributed by atoms with Crippen molar-refractivity contribution in [1.29, 1.82) is 0 Å². The lowest BCUT2D eigenvalue weighted by molar-refractivity contribution is -0.870. The van der Waals surface area contributed by atoms with Gasteiger partial charge in [0.1, 0.15) is 13.2 Å². The zero-order valence-corrected chi connectivity index (χ0v) is 36.4. The Morgan fingerprint density at radius 2 is 1.02 bits per heavy atom. The first kappa shape index (κ1) is 52.0. The van der Waals surface area contributed by atoms with E-state index in [2.05, 4.69) is 31.3 Å². The maximum atomic E-state index is 12.8. The average Bonchev–Trinajstić information content (AvgIpc) is 3.10.